The first kappa shape index (κ1) is 71.7. The van der Waals surface area contributed by atoms with Crippen molar-refractivity contribution >= 4 is 23.9 Å². The zero-order valence-corrected chi connectivity index (χ0v) is 51.3. The second-order valence-electron chi connectivity index (χ2n) is 22.8. The Bertz CT molecular complexity index is 1320. The predicted octanol–water partition coefficient (Wildman–Crippen LogP) is 14.9. The van der Waals surface area contributed by atoms with Crippen molar-refractivity contribution in [2.24, 2.45) is 5.92 Å². The van der Waals surface area contributed by atoms with Crippen molar-refractivity contribution in [3.63, 3.8) is 0 Å². The van der Waals surface area contributed by atoms with E-state index in [0.29, 0.717) is 45.8 Å². The minimum Gasteiger partial charge on any atom is -0.464 e. The molecule has 0 amide bonds. The van der Waals surface area contributed by atoms with E-state index in [1.165, 1.54) is 77.0 Å². The number of hydrogen-bond donors (Lipinski definition) is 0. The van der Waals surface area contributed by atoms with E-state index >= 15 is 0 Å². The summed E-state index contributed by atoms with van der Waals surface area (Å²) in [6, 6.07) is 0. The molecule has 0 aromatic rings. The number of unbranched alkanes of at least 4 members (excludes halogenated alkanes) is 16. The molecule has 0 N–H and O–H groups in total. The van der Waals surface area contributed by atoms with Crippen molar-refractivity contribution in [1.29, 1.82) is 0 Å². The predicted molar refractivity (Wildman–Crippen MR) is 317 cm³/mol. The number of nitrogens with zero attached hydrogens (tertiary/aromatic N) is 4. The molecule has 12 heteroatoms. The lowest BCUT2D eigenvalue weighted by atomic mass is 9.95. The number of ether oxygens (including phenoxy) is 4. The molecule has 1 aliphatic rings. The van der Waals surface area contributed by atoms with Crippen LogP contribution in [-0.2, 0) is 38.1 Å². The van der Waals surface area contributed by atoms with E-state index in [0.717, 1.165) is 174 Å². The highest BCUT2D eigenvalue weighted by atomic mass is 16.6. The van der Waals surface area contributed by atoms with Crippen molar-refractivity contribution in [3.05, 3.63) is 0 Å². The topological polar surface area (TPSA) is 118 Å². The molecule has 1 rings (SSSR count). The van der Waals surface area contributed by atoms with Gasteiger partial charge < -0.3 is 28.7 Å². The molecule has 12 nitrogen and oxygen atoms in total. The molecule has 0 spiro atoms. The third-order valence-corrected chi connectivity index (χ3v) is 15.8. The Morgan fingerprint density at radius 3 is 1.03 bits per heavy atom. The van der Waals surface area contributed by atoms with Crippen LogP contribution in [0.25, 0.3) is 0 Å². The van der Waals surface area contributed by atoms with Crippen LogP contribution >= 0.6 is 0 Å². The number of esters is 4. The van der Waals surface area contributed by atoms with Gasteiger partial charge in [-0.05, 0) is 70.6 Å². The van der Waals surface area contributed by atoms with Gasteiger partial charge in [-0.15, -0.1) is 0 Å². The first-order chi connectivity index (χ1) is 37.0. The average molecular weight is 1080 g/mol. The Morgan fingerprint density at radius 1 is 0.355 bits per heavy atom. The lowest BCUT2D eigenvalue weighted by molar-refractivity contribution is -0.152. The van der Waals surface area contributed by atoms with Crippen LogP contribution in [-0.4, -0.2) is 147 Å². The van der Waals surface area contributed by atoms with Crippen LogP contribution in [0.1, 0.15) is 280 Å². The minimum absolute atomic E-state index is 0.0112. The Kier molecular flexibility index (Phi) is 48.0. The Morgan fingerprint density at radius 2 is 0.658 bits per heavy atom. The summed E-state index contributed by atoms with van der Waals surface area (Å²) in [5.74, 6) is -0.426. The van der Waals surface area contributed by atoms with E-state index in [4.69, 9.17) is 18.9 Å². The smallest absolute Gasteiger partial charge is 0.308 e. The molecule has 4 atom stereocenters. The molecule has 1 aliphatic heterocycles. The molecule has 0 saturated carbocycles. The molecule has 76 heavy (non-hydrogen) atoms. The van der Waals surface area contributed by atoms with Crippen LogP contribution in [0.15, 0.2) is 0 Å². The molecular formula is C64H124N4O8. The maximum atomic E-state index is 13.6. The fourth-order valence-electron chi connectivity index (χ4n) is 10.5. The van der Waals surface area contributed by atoms with Crippen molar-refractivity contribution in [3.8, 4) is 0 Å². The van der Waals surface area contributed by atoms with E-state index < -0.39 is 0 Å². The summed E-state index contributed by atoms with van der Waals surface area (Å²) < 4.78 is 24.5. The first-order valence-corrected chi connectivity index (χ1v) is 32.7. The van der Waals surface area contributed by atoms with Gasteiger partial charge in [0.25, 0.3) is 0 Å². The van der Waals surface area contributed by atoms with Crippen LogP contribution in [0.2, 0.25) is 0 Å². The summed E-state index contributed by atoms with van der Waals surface area (Å²) in [6.07, 6.45) is 35.3. The average Bonchev–Trinajstić information content (AvgIpc) is 3.42. The number of piperazine rings is 1. The fourth-order valence-corrected chi connectivity index (χ4v) is 10.5. The zero-order chi connectivity index (χ0) is 55.7. The van der Waals surface area contributed by atoms with Crippen molar-refractivity contribution in [1.82, 2.24) is 19.6 Å². The molecule has 0 radical (unpaired) electrons. The number of carbonyl (C=O) groups is 4. The van der Waals surface area contributed by atoms with Gasteiger partial charge in [0.05, 0.1) is 25.2 Å². The second kappa shape index (κ2) is 50.9. The molecule has 1 fully saturated rings. The number of rotatable bonds is 54. The van der Waals surface area contributed by atoms with Gasteiger partial charge >= 0.3 is 23.9 Å². The standard InChI is InChI=1S/C64H124N4O8/c1-9-17-25-29-34-57(33-21-13-5)64(72)73-56-55-68-53-51-67(52-54-68)50-49-66(46-43-63(71)76-60(37-24-16-8)40-32-28-20-12-4)48-47-65(44-41-61(69)74-58(35-22-14-6)38-30-26-18-10-2)45-42-62(70)75-59(36-23-15-7)39-31-27-19-11-3/h57-60H,9-56H2,1-8H3. The SMILES string of the molecule is CCCCCCC(CCCC)OC(=O)CCN(CCC(=O)OC(CCCC)CCCCCC)CCN(CCC(=O)OC(CCCC)CCCCCC)CCN1CCN(CCOC(=O)C(CCCC)CCCCCC)CC1. The maximum absolute atomic E-state index is 13.6. The molecule has 0 bridgehead atoms. The quantitative estimate of drug-likeness (QED) is 0.0328. The van der Waals surface area contributed by atoms with Gasteiger partial charge in [-0.2, -0.15) is 0 Å². The summed E-state index contributed by atoms with van der Waals surface area (Å²) in [5, 5.41) is 0. The monoisotopic (exact) mass is 1080 g/mol. The van der Waals surface area contributed by atoms with Crippen LogP contribution < -0.4 is 0 Å². The Balaban J connectivity index is 3.17. The summed E-state index contributed by atoms with van der Waals surface area (Å²) in [6.45, 7) is 27.2. The zero-order valence-electron chi connectivity index (χ0n) is 51.3. The van der Waals surface area contributed by atoms with E-state index in [-0.39, 0.29) is 60.9 Å². The summed E-state index contributed by atoms with van der Waals surface area (Å²) in [7, 11) is 0. The molecule has 4 unspecified atom stereocenters. The van der Waals surface area contributed by atoms with E-state index in [1.54, 1.807) is 0 Å². The summed E-state index contributed by atoms with van der Waals surface area (Å²) in [4.78, 5) is 63.5. The molecule has 1 heterocycles. The first-order valence-electron chi connectivity index (χ1n) is 32.7. The van der Waals surface area contributed by atoms with Crippen molar-refractivity contribution in [2.45, 2.75) is 298 Å². The second-order valence-corrected chi connectivity index (χ2v) is 22.8. The molecule has 1 saturated heterocycles. The summed E-state index contributed by atoms with van der Waals surface area (Å²) >= 11 is 0. The van der Waals surface area contributed by atoms with Gasteiger partial charge in [-0.3, -0.25) is 29.0 Å². The van der Waals surface area contributed by atoms with Gasteiger partial charge in [0, 0.05) is 78.5 Å². The minimum atomic E-state index is -0.158. The van der Waals surface area contributed by atoms with Crippen LogP contribution in [0.5, 0.6) is 0 Å². The number of carbonyl (C=O) groups excluding carboxylic acids is 4. The molecule has 0 aliphatic carbocycles. The van der Waals surface area contributed by atoms with Gasteiger partial charge in [0.2, 0.25) is 0 Å². The maximum Gasteiger partial charge on any atom is 0.308 e. The normalized spacial score (nSPS) is 15.0. The number of hydrogen-bond acceptors (Lipinski definition) is 12. The van der Waals surface area contributed by atoms with E-state index in [1.807, 2.05) is 0 Å². The van der Waals surface area contributed by atoms with Crippen molar-refractivity contribution < 1.29 is 38.1 Å². The van der Waals surface area contributed by atoms with Gasteiger partial charge in [0.1, 0.15) is 24.9 Å². The highest BCUT2D eigenvalue weighted by molar-refractivity contribution is 5.72. The van der Waals surface area contributed by atoms with Gasteiger partial charge in [-0.25, -0.2) is 0 Å². The lowest BCUT2D eigenvalue weighted by Crippen LogP contribution is -2.49. The van der Waals surface area contributed by atoms with E-state index in [9.17, 15) is 19.2 Å². The molecular weight excluding hydrogens is 953 g/mol. The van der Waals surface area contributed by atoms with Crippen LogP contribution in [0.3, 0.4) is 0 Å². The molecule has 448 valence electrons. The molecule has 0 aromatic heterocycles. The Hall–Kier alpha value is -2.28. The van der Waals surface area contributed by atoms with Crippen LogP contribution in [0, 0.1) is 5.92 Å². The highest BCUT2D eigenvalue weighted by Gasteiger charge is 2.24. The summed E-state index contributed by atoms with van der Waals surface area (Å²) in [5.41, 5.74) is 0. The third kappa shape index (κ3) is 40.0. The third-order valence-electron chi connectivity index (χ3n) is 15.8. The van der Waals surface area contributed by atoms with Crippen molar-refractivity contribution in [2.75, 3.05) is 85.1 Å². The van der Waals surface area contributed by atoms with Gasteiger partial charge in [-0.1, -0.05) is 190 Å². The molecule has 0 aromatic carbocycles. The lowest BCUT2D eigenvalue weighted by Gasteiger charge is -2.36. The Labute approximate surface area is 469 Å². The van der Waals surface area contributed by atoms with E-state index in [2.05, 4.69) is 75.0 Å². The highest BCUT2D eigenvalue weighted by Crippen LogP contribution is 2.21. The largest absolute Gasteiger partial charge is 0.464 e. The van der Waals surface area contributed by atoms with Gasteiger partial charge in [0.15, 0.2) is 0 Å². The van der Waals surface area contributed by atoms with Crippen LogP contribution in [0.4, 0.5) is 0 Å². The fraction of sp³-hybridized carbons (Fsp3) is 0.938.